The third-order valence-electron chi connectivity index (χ3n) is 5.06. The molecular formula is C23H38O4. The molecule has 154 valence electrons. The molecule has 27 heavy (non-hydrogen) atoms. The maximum atomic E-state index is 12.3. The van der Waals surface area contributed by atoms with Gasteiger partial charge in [-0.1, -0.05) is 64.7 Å². The Kier molecular flexibility index (Phi) is 13.4. The fourth-order valence-corrected chi connectivity index (χ4v) is 3.39. The number of carbonyl (C=O) groups excluding carboxylic acids is 1. The van der Waals surface area contributed by atoms with Crippen LogP contribution in [0.1, 0.15) is 102 Å². The number of hydrogen-bond donors (Lipinski definition) is 0. The number of aldehydes is 1. The van der Waals surface area contributed by atoms with Crippen LogP contribution in [-0.2, 0) is 17.6 Å². The Morgan fingerprint density at radius 1 is 0.889 bits per heavy atom. The lowest BCUT2D eigenvalue weighted by Gasteiger charge is -2.09. The van der Waals surface area contributed by atoms with E-state index in [-0.39, 0.29) is 5.63 Å². The van der Waals surface area contributed by atoms with Crippen molar-refractivity contribution in [2.24, 2.45) is 0 Å². The van der Waals surface area contributed by atoms with Gasteiger partial charge in [0.2, 0.25) is 0 Å². The van der Waals surface area contributed by atoms with Crippen molar-refractivity contribution < 1.29 is 13.9 Å². The lowest BCUT2D eigenvalue weighted by atomic mass is 10.0. The van der Waals surface area contributed by atoms with E-state index < -0.39 is 0 Å². The molecule has 0 spiro atoms. The van der Waals surface area contributed by atoms with E-state index in [1.54, 1.807) is 7.11 Å². The van der Waals surface area contributed by atoms with Crippen molar-refractivity contribution in [3.63, 3.8) is 0 Å². The van der Waals surface area contributed by atoms with Gasteiger partial charge in [-0.25, -0.2) is 4.79 Å². The molecule has 0 aliphatic carbocycles. The predicted octanol–water partition coefficient (Wildman–Crippen LogP) is 6.02. The third-order valence-corrected chi connectivity index (χ3v) is 5.06. The fourth-order valence-electron chi connectivity index (χ4n) is 3.39. The van der Waals surface area contributed by atoms with Gasteiger partial charge >= 0.3 is 5.63 Å². The van der Waals surface area contributed by atoms with Crippen LogP contribution in [0.15, 0.2) is 15.3 Å². The lowest BCUT2D eigenvalue weighted by molar-refractivity contribution is -0.107. The van der Waals surface area contributed by atoms with Crippen molar-refractivity contribution in [1.82, 2.24) is 0 Å². The number of aryl methyl sites for hydroxylation is 1. The second-order valence-corrected chi connectivity index (χ2v) is 7.39. The highest BCUT2D eigenvalue weighted by Crippen LogP contribution is 2.21. The van der Waals surface area contributed by atoms with E-state index in [1.807, 2.05) is 6.07 Å². The molecule has 0 aliphatic heterocycles. The highest BCUT2D eigenvalue weighted by molar-refractivity contribution is 5.48. The zero-order valence-electron chi connectivity index (χ0n) is 17.4. The minimum absolute atomic E-state index is 0.230. The van der Waals surface area contributed by atoms with Gasteiger partial charge in [-0.2, -0.15) is 0 Å². The summed E-state index contributed by atoms with van der Waals surface area (Å²) in [4.78, 5) is 22.6. The lowest BCUT2D eigenvalue weighted by Crippen LogP contribution is -2.11. The summed E-state index contributed by atoms with van der Waals surface area (Å²) in [6, 6.07) is 1.91. The molecular weight excluding hydrogens is 340 g/mol. The van der Waals surface area contributed by atoms with Crippen LogP contribution < -0.4 is 10.4 Å². The van der Waals surface area contributed by atoms with Gasteiger partial charge in [0.1, 0.15) is 17.8 Å². The van der Waals surface area contributed by atoms with Crippen molar-refractivity contribution in [3.8, 4) is 5.75 Å². The van der Waals surface area contributed by atoms with Gasteiger partial charge in [0.15, 0.2) is 0 Å². The molecule has 1 aromatic rings. The van der Waals surface area contributed by atoms with E-state index in [1.165, 1.54) is 44.9 Å². The first-order chi connectivity index (χ1) is 13.2. The third kappa shape index (κ3) is 10.4. The predicted molar refractivity (Wildman–Crippen MR) is 111 cm³/mol. The van der Waals surface area contributed by atoms with E-state index in [2.05, 4.69) is 6.92 Å². The standard InChI is InChI=1S/C23H38O4/c1-3-4-5-10-13-16-20-19-22(26-2)21(23(25)27-20)17-14-11-8-6-7-9-12-15-18-24/h18-19H,3-17H2,1-2H3. The molecule has 0 fully saturated rings. The normalized spacial score (nSPS) is 10.9. The van der Waals surface area contributed by atoms with Crippen molar-refractivity contribution in [2.75, 3.05) is 7.11 Å². The van der Waals surface area contributed by atoms with Crippen LogP contribution in [0.2, 0.25) is 0 Å². The summed E-state index contributed by atoms with van der Waals surface area (Å²) < 4.78 is 11.0. The second-order valence-electron chi connectivity index (χ2n) is 7.39. The second kappa shape index (κ2) is 15.5. The molecule has 1 rings (SSSR count). The average Bonchev–Trinajstić information content (AvgIpc) is 2.67. The molecule has 1 aromatic heterocycles. The number of ether oxygens (including phenoxy) is 1. The van der Waals surface area contributed by atoms with Crippen LogP contribution in [-0.4, -0.2) is 13.4 Å². The zero-order chi connectivity index (χ0) is 19.7. The van der Waals surface area contributed by atoms with Crippen molar-refractivity contribution in [1.29, 1.82) is 0 Å². The van der Waals surface area contributed by atoms with Gasteiger partial charge in [0.05, 0.1) is 12.7 Å². The van der Waals surface area contributed by atoms with Crippen LogP contribution in [0, 0.1) is 0 Å². The maximum Gasteiger partial charge on any atom is 0.342 e. The van der Waals surface area contributed by atoms with E-state index in [0.717, 1.165) is 50.6 Å². The van der Waals surface area contributed by atoms with Gasteiger partial charge < -0.3 is 13.9 Å². The van der Waals surface area contributed by atoms with Gasteiger partial charge in [-0.15, -0.1) is 0 Å². The summed E-state index contributed by atoms with van der Waals surface area (Å²) >= 11 is 0. The Balaban J connectivity index is 2.35. The molecule has 4 nitrogen and oxygen atoms in total. The number of hydrogen-bond acceptors (Lipinski definition) is 4. The molecule has 0 amide bonds. The highest BCUT2D eigenvalue weighted by Gasteiger charge is 2.12. The van der Waals surface area contributed by atoms with Crippen LogP contribution in [0.4, 0.5) is 0 Å². The summed E-state index contributed by atoms with van der Waals surface area (Å²) in [6.07, 6.45) is 17.0. The van der Waals surface area contributed by atoms with E-state index in [4.69, 9.17) is 9.15 Å². The molecule has 0 N–H and O–H groups in total. The number of rotatable bonds is 17. The smallest absolute Gasteiger partial charge is 0.342 e. The quantitative estimate of drug-likeness (QED) is 0.245. The molecule has 0 atom stereocenters. The molecule has 0 aliphatic rings. The van der Waals surface area contributed by atoms with E-state index in [0.29, 0.717) is 24.2 Å². The average molecular weight is 379 g/mol. The summed E-state index contributed by atoms with van der Waals surface area (Å²) in [7, 11) is 1.63. The fraction of sp³-hybridized carbons (Fsp3) is 0.739. The zero-order valence-corrected chi connectivity index (χ0v) is 17.4. The molecule has 0 bridgehead atoms. The summed E-state index contributed by atoms with van der Waals surface area (Å²) in [5.41, 5.74) is 0.449. The first-order valence-electron chi connectivity index (χ1n) is 10.9. The highest BCUT2D eigenvalue weighted by atomic mass is 16.5. The van der Waals surface area contributed by atoms with E-state index in [9.17, 15) is 9.59 Å². The summed E-state index contributed by atoms with van der Waals surface area (Å²) in [6.45, 7) is 2.21. The van der Waals surface area contributed by atoms with Gasteiger partial charge in [0, 0.05) is 18.9 Å². The molecule has 0 unspecified atom stereocenters. The largest absolute Gasteiger partial charge is 0.496 e. The van der Waals surface area contributed by atoms with Gasteiger partial charge in [-0.3, -0.25) is 0 Å². The number of methoxy groups -OCH3 is 1. The monoisotopic (exact) mass is 378 g/mol. The Morgan fingerprint density at radius 3 is 2.11 bits per heavy atom. The SMILES string of the molecule is CCCCCCCc1cc(OC)c(CCCCCCCCCC=O)c(=O)o1. The van der Waals surface area contributed by atoms with Gasteiger partial charge in [-0.05, 0) is 25.7 Å². The minimum Gasteiger partial charge on any atom is -0.496 e. The van der Waals surface area contributed by atoms with Crippen LogP contribution in [0.3, 0.4) is 0 Å². The molecule has 0 aromatic carbocycles. The first-order valence-corrected chi connectivity index (χ1v) is 10.9. The van der Waals surface area contributed by atoms with E-state index >= 15 is 0 Å². The van der Waals surface area contributed by atoms with Crippen molar-refractivity contribution >= 4 is 6.29 Å². The Bertz CT molecular complexity index is 562. The summed E-state index contributed by atoms with van der Waals surface area (Å²) in [5.74, 6) is 1.43. The van der Waals surface area contributed by atoms with Crippen LogP contribution in [0.25, 0.3) is 0 Å². The van der Waals surface area contributed by atoms with Crippen LogP contribution >= 0.6 is 0 Å². The Hall–Kier alpha value is -1.58. The van der Waals surface area contributed by atoms with Crippen LogP contribution in [0.5, 0.6) is 5.75 Å². The first kappa shape index (κ1) is 23.5. The molecule has 0 radical (unpaired) electrons. The Labute approximate surface area is 164 Å². The summed E-state index contributed by atoms with van der Waals surface area (Å²) in [5, 5.41) is 0. The number of unbranched alkanes of at least 4 members (excludes halogenated alkanes) is 11. The molecule has 1 heterocycles. The van der Waals surface area contributed by atoms with Crippen molar-refractivity contribution in [2.45, 2.75) is 103 Å². The van der Waals surface area contributed by atoms with Crippen molar-refractivity contribution in [3.05, 3.63) is 27.8 Å². The maximum absolute atomic E-state index is 12.3. The van der Waals surface area contributed by atoms with Gasteiger partial charge in [0.25, 0.3) is 0 Å². The molecule has 0 saturated carbocycles. The molecule has 4 heteroatoms. The minimum atomic E-state index is -0.230. The molecule has 0 saturated heterocycles. The Morgan fingerprint density at radius 2 is 1.48 bits per heavy atom. The number of carbonyl (C=O) groups is 1. The topological polar surface area (TPSA) is 56.5 Å².